The zero-order chi connectivity index (χ0) is 11.4. The van der Waals surface area contributed by atoms with Crippen LogP contribution in [-0.2, 0) is 9.53 Å². The van der Waals surface area contributed by atoms with Gasteiger partial charge in [0, 0.05) is 11.6 Å². The number of methoxy groups -OCH3 is 1. The first-order chi connectivity index (χ1) is 7.81. The van der Waals surface area contributed by atoms with Gasteiger partial charge in [0.15, 0.2) is 6.61 Å². The van der Waals surface area contributed by atoms with Crippen molar-refractivity contribution in [2.45, 2.75) is 0 Å². The summed E-state index contributed by atoms with van der Waals surface area (Å²) < 4.78 is 9.86. The summed E-state index contributed by atoms with van der Waals surface area (Å²) in [5.41, 5.74) is 0.838. The molecule has 82 valence electrons. The lowest BCUT2D eigenvalue weighted by Crippen LogP contribution is -2.12. The van der Waals surface area contributed by atoms with Crippen molar-refractivity contribution in [3.8, 4) is 5.75 Å². The number of carbonyl (C=O) groups is 1. The van der Waals surface area contributed by atoms with Gasteiger partial charge in [-0.25, -0.2) is 4.79 Å². The van der Waals surface area contributed by atoms with Gasteiger partial charge in [-0.3, -0.25) is 4.98 Å². The second-order valence-corrected chi connectivity index (χ2v) is 3.19. The van der Waals surface area contributed by atoms with E-state index >= 15 is 0 Å². The maximum atomic E-state index is 11.0. The Hall–Kier alpha value is -2.10. The van der Waals surface area contributed by atoms with Gasteiger partial charge in [0.05, 0.1) is 12.6 Å². The molecule has 16 heavy (non-hydrogen) atoms. The molecule has 0 aliphatic rings. The lowest BCUT2D eigenvalue weighted by atomic mass is 10.2. The Bertz CT molecular complexity index is 505. The molecule has 0 radical (unpaired) electrons. The molecule has 4 nitrogen and oxygen atoms in total. The van der Waals surface area contributed by atoms with Crippen LogP contribution < -0.4 is 4.74 Å². The van der Waals surface area contributed by atoms with Gasteiger partial charge in [0.2, 0.25) is 0 Å². The van der Waals surface area contributed by atoms with Gasteiger partial charge >= 0.3 is 5.97 Å². The fourth-order valence-corrected chi connectivity index (χ4v) is 1.40. The Morgan fingerprint density at radius 3 is 3.00 bits per heavy atom. The van der Waals surface area contributed by atoms with Gasteiger partial charge in [-0.15, -0.1) is 0 Å². The largest absolute Gasteiger partial charge is 0.481 e. The highest BCUT2D eigenvalue weighted by Crippen LogP contribution is 2.23. The van der Waals surface area contributed by atoms with Gasteiger partial charge < -0.3 is 9.47 Å². The summed E-state index contributed by atoms with van der Waals surface area (Å²) in [6.07, 6.45) is 1.71. The lowest BCUT2D eigenvalue weighted by molar-refractivity contribution is -0.142. The lowest BCUT2D eigenvalue weighted by Gasteiger charge is -2.07. The minimum absolute atomic E-state index is 0.0928. The molecule has 2 aromatic rings. The Balaban J connectivity index is 2.27. The Morgan fingerprint density at radius 2 is 2.19 bits per heavy atom. The van der Waals surface area contributed by atoms with Crippen LogP contribution in [-0.4, -0.2) is 24.7 Å². The van der Waals surface area contributed by atoms with Gasteiger partial charge in [-0.05, 0) is 24.3 Å². The van der Waals surface area contributed by atoms with Gasteiger partial charge in [-0.1, -0.05) is 6.07 Å². The molecule has 4 heteroatoms. The first-order valence-electron chi connectivity index (χ1n) is 4.84. The van der Waals surface area contributed by atoms with E-state index in [2.05, 4.69) is 9.72 Å². The molecule has 0 aliphatic heterocycles. The van der Waals surface area contributed by atoms with Crippen molar-refractivity contribution in [3.63, 3.8) is 0 Å². The SMILES string of the molecule is COC(=O)COc1cccc2ncccc12. The Labute approximate surface area is 92.8 Å². The Kier molecular flexibility index (Phi) is 3.00. The topological polar surface area (TPSA) is 48.4 Å². The number of rotatable bonds is 3. The average molecular weight is 217 g/mol. The van der Waals surface area contributed by atoms with Crippen LogP contribution in [0.15, 0.2) is 36.5 Å². The first-order valence-corrected chi connectivity index (χ1v) is 4.84. The summed E-state index contributed by atoms with van der Waals surface area (Å²) in [5, 5.41) is 0.883. The van der Waals surface area contributed by atoms with Crippen molar-refractivity contribution in [2.24, 2.45) is 0 Å². The fraction of sp³-hybridized carbons (Fsp3) is 0.167. The minimum Gasteiger partial charge on any atom is -0.481 e. The molecule has 0 amide bonds. The van der Waals surface area contributed by atoms with Crippen LogP contribution >= 0.6 is 0 Å². The summed E-state index contributed by atoms with van der Waals surface area (Å²) in [6, 6.07) is 9.25. The summed E-state index contributed by atoms with van der Waals surface area (Å²) in [6.45, 7) is -0.0928. The molecule has 0 spiro atoms. The molecule has 0 saturated carbocycles. The number of pyridine rings is 1. The maximum absolute atomic E-state index is 11.0. The minimum atomic E-state index is -0.402. The number of hydrogen-bond acceptors (Lipinski definition) is 4. The zero-order valence-electron chi connectivity index (χ0n) is 8.84. The highest BCUT2D eigenvalue weighted by Gasteiger charge is 2.05. The predicted molar refractivity (Wildman–Crippen MR) is 59.3 cm³/mol. The summed E-state index contributed by atoms with van der Waals surface area (Å²) in [5.74, 6) is 0.233. The molecule has 0 N–H and O–H groups in total. The fourth-order valence-electron chi connectivity index (χ4n) is 1.40. The van der Waals surface area contributed by atoms with E-state index < -0.39 is 5.97 Å². The van der Waals surface area contributed by atoms with Crippen LogP contribution in [0.1, 0.15) is 0 Å². The molecule has 1 heterocycles. The molecule has 1 aromatic heterocycles. The molecule has 1 aromatic carbocycles. The van der Waals surface area contributed by atoms with Gasteiger partial charge in [0.25, 0.3) is 0 Å². The monoisotopic (exact) mass is 217 g/mol. The van der Waals surface area contributed by atoms with E-state index in [4.69, 9.17) is 4.74 Å². The molecule has 0 saturated heterocycles. The summed E-state index contributed by atoms with van der Waals surface area (Å²) in [4.78, 5) is 15.2. The van der Waals surface area contributed by atoms with E-state index in [1.807, 2.05) is 24.3 Å². The molecule has 0 bridgehead atoms. The van der Waals surface area contributed by atoms with Crippen LogP contribution in [0.2, 0.25) is 0 Å². The number of ether oxygens (including phenoxy) is 2. The third-order valence-corrected chi connectivity index (χ3v) is 2.18. The standard InChI is InChI=1S/C12H11NO3/c1-15-12(14)8-16-11-6-2-5-10-9(11)4-3-7-13-10/h2-7H,8H2,1H3. The van der Waals surface area contributed by atoms with E-state index in [0.29, 0.717) is 5.75 Å². The molecular weight excluding hydrogens is 206 g/mol. The number of fused-ring (bicyclic) bond motifs is 1. The van der Waals surface area contributed by atoms with E-state index in [1.165, 1.54) is 7.11 Å². The van der Waals surface area contributed by atoms with Crippen molar-refractivity contribution >= 4 is 16.9 Å². The van der Waals surface area contributed by atoms with E-state index in [9.17, 15) is 4.79 Å². The molecule has 0 fully saturated rings. The highest BCUT2D eigenvalue weighted by molar-refractivity contribution is 5.85. The van der Waals surface area contributed by atoms with E-state index in [1.54, 1.807) is 12.3 Å². The summed E-state index contributed by atoms with van der Waals surface area (Å²) >= 11 is 0. The average Bonchev–Trinajstić information content (AvgIpc) is 2.35. The number of carbonyl (C=O) groups excluding carboxylic acids is 1. The van der Waals surface area contributed by atoms with Crippen LogP contribution in [0.4, 0.5) is 0 Å². The number of benzene rings is 1. The second-order valence-electron chi connectivity index (χ2n) is 3.19. The second kappa shape index (κ2) is 4.61. The van der Waals surface area contributed by atoms with Crippen molar-refractivity contribution < 1.29 is 14.3 Å². The van der Waals surface area contributed by atoms with E-state index in [0.717, 1.165) is 10.9 Å². The van der Waals surface area contributed by atoms with Crippen LogP contribution in [0, 0.1) is 0 Å². The Morgan fingerprint density at radius 1 is 1.31 bits per heavy atom. The number of esters is 1. The third kappa shape index (κ3) is 2.11. The van der Waals surface area contributed by atoms with Crippen LogP contribution in [0.3, 0.4) is 0 Å². The molecule has 2 rings (SSSR count). The van der Waals surface area contributed by atoms with Crippen molar-refractivity contribution in [1.82, 2.24) is 4.98 Å². The molecular formula is C12H11NO3. The first kappa shape index (κ1) is 10.4. The quantitative estimate of drug-likeness (QED) is 0.735. The number of hydrogen-bond donors (Lipinski definition) is 0. The number of nitrogens with zero attached hydrogens (tertiary/aromatic N) is 1. The predicted octanol–water partition coefficient (Wildman–Crippen LogP) is 1.79. The maximum Gasteiger partial charge on any atom is 0.343 e. The van der Waals surface area contributed by atoms with Gasteiger partial charge in [0.1, 0.15) is 5.75 Å². The zero-order valence-corrected chi connectivity index (χ0v) is 8.84. The third-order valence-electron chi connectivity index (χ3n) is 2.18. The van der Waals surface area contributed by atoms with Crippen molar-refractivity contribution in [2.75, 3.05) is 13.7 Å². The van der Waals surface area contributed by atoms with Crippen LogP contribution in [0.25, 0.3) is 10.9 Å². The van der Waals surface area contributed by atoms with Gasteiger partial charge in [-0.2, -0.15) is 0 Å². The van der Waals surface area contributed by atoms with Crippen LogP contribution in [0.5, 0.6) is 5.75 Å². The van der Waals surface area contributed by atoms with Crippen molar-refractivity contribution in [3.05, 3.63) is 36.5 Å². The molecule has 0 unspecified atom stereocenters. The molecule has 0 atom stereocenters. The summed E-state index contributed by atoms with van der Waals surface area (Å²) in [7, 11) is 1.33. The van der Waals surface area contributed by atoms with Crippen molar-refractivity contribution in [1.29, 1.82) is 0 Å². The molecule has 0 aliphatic carbocycles. The smallest absolute Gasteiger partial charge is 0.343 e. The normalized spacial score (nSPS) is 10.1. The van der Waals surface area contributed by atoms with E-state index in [-0.39, 0.29) is 6.61 Å². The highest BCUT2D eigenvalue weighted by atomic mass is 16.6. The number of aromatic nitrogens is 1.